The molecule has 1 aliphatic carbocycles. The van der Waals surface area contributed by atoms with E-state index < -0.39 is 0 Å². The number of nitrogens with zero attached hydrogens (tertiary/aromatic N) is 2. The first-order valence-electron chi connectivity index (χ1n) is 9.43. The summed E-state index contributed by atoms with van der Waals surface area (Å²) in [7, 11) is 1.95. The van der Waals surface area contributed by atoms with Crippen molar-refractivity contribution >= 4 is 6.08 Å². The molecule has 4 rings (SSSR count). The Morgan fingerprint density at radius 2 is 1.96 bits per heavy atom. The number of rotatable bonds is 5. The second kappa shape index (κ2) is 7.14. The molecule has 2 aromatic rings. The van der Waals surface area contributed by atoms with Crippen molar-refractivity contribution in [2.24, 2.45) is 13.0 Å². The molecule has 0 unspecified atom stereocenters. The molecule has 0 amide bonds. The zero-order chi connectivity index (χ0) is 17.2. The van der Waals surface area contributed by atoms with E-state index in [1.165, 1.54) is 41.5 Å². The molecule has 1 aliphatic heterocycles. The summed E-state index contributed by atoms with van der Waals surface area (Å²) < 4.78 is 1.84. The summed E-state index contributed by atoms with van der Waals surface area (Å²) in [5.74, 6) is 0.716. The molecule has 4 heteroatoms. The lowest BCUT2D eigenvalue weighted by Crippen LogP contribution is -2.41. The van der Waals surface area contributed by atoms with Crippen molar-refractivity contribution in [3.05, 3.63) is 47.8 Å². The third-order valence-corrected chi connectivity index (χ3v) is 5.51. The quantitative estimate of drug-likeness (QED) is 0.881. The van der Waals surface area contributed by atoms with Crippen molar-refractivity contribution in [2.45, 2.75) is 38.3 Å². The van der Waals surface area contributed by atoms with Crippen LogP contribution >= 0.6 is 0 Å². The molecule has 1 aromatic carbocycles. The van der Waals surface area contributed by atoms with Crippen LogP contribution in [0, 0.1) is 5.92 Å². The Morgan fingerprint density at radius 3 is 2.64 bits per heavy atom. The van der Waals surface area contributed by atoms with Gasteiger partial charge in [0.1, 0.15) is 0 Å². The van der Waals surface area contributed by atoms with E-state index in [2.05, 4.69) is 59.2 Å². The predicted octanol–water partition coefficient (Wildman–Crippen LogP) is 3.22. The largest absolute Gasteiger partial charge is 0.317 e. The van der Waals surface area contributed by atoms with Gasteiger partial charge in [-0.3, -0.25) is 4.68 Å². The molecule has 0 radical (unpaired) electrons. The van der Waals surface area contributed by atoms with Crippen LogP contribution in [0.15, 0.2) is 42.2 Å². The van der Waals surface area contributed by atoms with Gasteiger partial charge < -0.3 is 10.6 Å². The van der Waals surface area contributed by atoms with Crippen LogP contribution in [0.2, 0.25) is 0 Å². The van der Waals surface area contributed by atoms with E-state index in [1.54, 1.807) is 0 Å². The monoisotopic (exact) mass is 336 g/mol. The summed E-state index contributed by atoms with van der Waals surface area (Å²) in [6.45, 7) is 4.60. The molecule has 1 aromatic heterocycles. The van der Waals surface area contributed by atoms with Crippen LogP contribution in [0.5, 0.6) is 0 Å². The van der Waals surface area contributed by atoms with Crippen LogP contribution in [-0.2, 0) is 7.05 Å². The molecule has 1 saturated heterocycles. The lowest BCUT2D eigenvalue weighted by molar-refractivity contribution is 0.381. The topological polar surface area (TPSA) is 41.9 Å². The summed E-state index contributed by atoms with van der Waals surface area (Å²) in [4.78, 5) is 0. The highest BCUT2D eigenvalue weighted by Crippen LogP contribution is 2.38. The van der Waals surface area contributed by atoms with Gasteiger partial charge in [-0.2, -0.15) is 5.10 Å². The summed E-state index contributed by atoms with van der Waals surface area (Å²) in [6, 6.07) is 10.2. The van der Waals surface area contributed by atoms with Crippen molar-refractivity contribution in [2.75, 3.05) is 13.1 Å². The Bertz CT molecular complexity index is 738. The van der Waals surface area contributed by atoms with Gasteiger partial charge in [0, 0.05) is 30.9 Å². The Balaban J connectivity index is 1.36. The SMILES string of the molecule is C/C(=C\c1ccc(-c2cnn(C)c2)cc1)[C@@H]1C[C@H]1NC1CCNCC1. The molecule has 2 N–H and O–H groups in total. The summed E-state index contributed by atoms with van der Waals surface area (Å²) in [5.41, 5.74) is 5.18. The van der Waals surface area contributed by atoms with E-state index in [0.29, 0.717) is 18.0 Å². The Kier molecular flexibility index (Phi) is 4.73. The molecule has 4 nitrogen and oxygen atoms in total. The highest BCUT2D eigenvalue weighted by molar-refractivity contribution is 5.65. The van der Waals surface area contributed by atoms with E-state index in [1.807, 2.05) is 17.9 Å². The lowest BCUT2D eigenvalue weighted by Gasteiger charge is -2.24. The van der Waals surface area contributed by atoms with Gasteiger partial charge in [0.25, 0.3) is 0 Å². The van der Waals surface area contributed by atoms with Gasteiger partial charge in [-0.1, -0.05) is 35.9 Å². The minimum Gasteiger partial charge on any atom is -0.317 e. The van der Waals surface area contributed by atoms with E-state index in [0.717, 1.165) is 13.1 Å². The fourth-order valence-corrected chi connectivity index (χ4v) is 3.89. The Labute approximate surface area is 150 Å². The Hall–Kier alpha value is -1.91. The van der Waals surface area contributed by atoms with Gasteiger partial charge >= 0.3 is 0 Å². The highest BCUT2D eigenvalue weighted by Gasteiger charge is 2.39. The van der Waals surface area contributed by atoms with Crippen molar-refractivity contribution in [3.63, 3.8) is 0 Å². The van der Waals surface area contributed by atoms with Crippen LogP contribution in [0.25, 0.3) is 17.2 Å². The first-order chi connectivity index (χ1) is 12.2. The smallest absolute Gasteiger partial charge is 0.0568 e. The molecule has 0 bridgehead atoms. The fourth-order valence-electron chi connectivity index (χ4n) is 3.89. The van der Waals surface area contributed by atoms with Gasteiger partial charge in [-0.05, 0) is 56.3 Å². The van der Waals surface area contributed by atoms with Gasteiger partial charge in [0.2, 0.25) is 0 Å². The molecular formula is C21H28N4. The standard InChI is InChI=1S/C21H28N4/c1-15(20-12-21(20)24-19-7-9-22-10-8-19)11-16-3-5-17(6-4-16)18-13-23-25(2)14-18/h3-6,11,13-14,19-22,24H,7-10,12H2,1-2H3/b15-11+/t20-,21+/m0/s1. The van der Waals surface area contributed by atoms with Crippen molar-refractivity contribution < 1.29 is 0 Å². The highest BCUT2D eigenvalue weighted by atomic mass is 15.2. The van der Waals surface area contributed by atoms with Crippen LogP contribution < -0.4 is 10.6 Å². The molecule has 2 heterocycles. The number of nitrogens with one attached hydrogen (secondary N) is 2. The maximum Gasteiger partial charge on any atom is 0.0568 e. The molecule has 2 fully saturated rings. The number of aromatic nitrogens is 2. The van der Waals surface area contributed by atoms with Crippen LogP contribution in [0.3, 0.4) is 0 Å². The van der Waals surface area contributed by atoms with Gasteiger partial charge in [0.15, 0.2) is 0 Å². The molecule has 0 spiro atoms. The maximum absolute atomic E-state index is 4.25. The fraction of sp³-hybridized carbons (Fsp3) is 0.476. The predicted molar refractivity (Wildman–Crippen MR) is 103 cm³/mol. The zero-order valence-electron chi connectivity index (χ0n) is 15.2. The number of hydrogen-bond donors (Lipinski definition) is 2. The van der Waals surface area contributed by atoms with Crippen molar-refractivity contribution in [1.29, 1.82) is 0 Å². The molecule has 2 aliphatic rings. The maximum atomic E-state index is 4.25. The third-order valence-electron chi connectivity index (χ3n) is 5.51. The minimum absolute atomic E-state index is 0.689. The number of hydrogen-bond acceptors (Lipinski definition) is 3. The number of benzene rings is 1. The lowest BCUT2D eigenvalue weighted by atomic mass is 10.0. The van der Waals surface area contributed by atoms with Gasteiger partial charge in [0.05, 0.1) is 6.20 Å². The molecular weight excluding hydrogens is 308 g/mol. The molecule has 132 valence electrons. The normalized spacial score (nSPS) is 24.5. The summed E-state index contributed by atoms with van der Waals surface area (Å²) in [6.07, 6.45) is 10.1. The van der Waals surface area contributed by atoms with Crippen LogP contribution in [0.1, 0.15) is 31.7 Å². The van der Waals surface area contributed by atoms with E-state index >= 15 is 0 Å². The third kappa shape index (κ3) is 4.02. The summed E-state index contributed by atoms with van der Waals surface area (Å²) in [5, 5.41) is 11.5. The zero-order valence-corrected chi connectivity index (χ0v) is 15.2. The summed E-state index contributed by atoms with van der Waals surface area (Å²) >= 11 is 0. The second-order valence-electron chi connectivity index (χ2n) is 7.55. The number of piperidine rings is 1. The van der Waals surface area contributed by atoms with E-state index in [4.69, 9.17) is 0 Å². The molecule has 1 saturated carbocycles. The van der Waals surface area contributed by atoms with Crippen molar-refractivity contribution in [1.82, 2.24) is 20.4 Å². The average Bonchev–Trinajstić information content (AvgIpc) is 3.26. The minimum atomic E-state index is 0.689. The van der Waals surface area contributed by atoms with Crippen molar-refractivity contribution in [3.8, 4) is 11.1 Å². The average molecular weight is 336 g/mol. The van der Waals surface area contributed by atoms with E-state index in [9.17, 15) is 0 Å². The number of aryl methyl sites for hydroxylation is 1. The molecule has 2 atom stereocenters. The van der Waals surface area contributed by atoms with Gasteiger partial charge in [-0.15, -0.1) is 0 Å². The van der Waals surface area contributed by atoms with Crippen LogP contribution in [-0.4, -0.2) is 35.0 Å². The second-order valence-corrected chi connectivity index (χ2v) is 7.55. The first kappa shape index (κ1) is 16.6. The molecule has 25 heavy (non-hydrogen) atoms. The van der Waals surface area contributed by atoms with Gasteiger partial charge in [-0.25, -0.2) is 0 Å². The Morgan fingerprint density at radius 1 is 1.20 bits per heavy atom. The van der Waals surface area contributed by atoms with E-state index in [-0.39, 0.29) is 0 Å². The van der Waals surface area contributed by atoms with Crippen LogP contribution in [0.4, 0.5) is 0 Å². The first-order valence-corrected chi connectivity index (χ1v) is 9.43.